The highest BCUT2D eigenvalue weighted by Gasteiger charge is 2.32. The smallest absolute Gasteiger partial charge is 0.326 e. The van der Waals surface area contributed by atoms with Gasteiger partial charge in [-0.2, -0.15) is 0 Å². The molecule has 0 aromatic carbocycles. The topological polar surface area (TPSA) is 95.5 Å². The molecule has 1 aliphatic rings. The molecule has 2 amide bonds. The Bertz CT molecular complexity index is 329. The van der Waals surface area contributed by atoms with Crippen molar-refractivity contribution < 1.29 is 19.5 Å². The van der Waals surface area contributed by atoms with Gasteiger partial charge in [-0.05, 0) is 12.3 Å². The number of hydrogen-bond acceptors (Lipinski definition) is 3. The standard InChI is InChI=1S/C11H18N2O4/c1-3-6(2)9(11(16)17)13-10(15)7-4-5-8(14)12-7/h6-7,9H,3-5H2,1-2H3,(H,12,14)(H,13,15)(H,16,17)/t6-,7-,9+/m0/s1. The third-order valence-corrected chi connectivity index (χ3v) is 3.09. The minimum absolute atomic E-state index is 0.145. The highest BCUT2D eigenvalue weighted by Crippen LogP contribution is 2.11. The number of nitrogens with one attached hydrogen (secondary N) is 2. The number of amides is 2. The monoisotopic (exact) mass is 242 g/mol. The molecule has 1 aliphatic heterocycles. The molecule has 1 rings (SSSR count). The van der Waals surface area contributed by atoms with Crippen LogP contribution in [0, 0.1) is 5.92 Å². The lowest BCUT2D eigenvalue weighted by molar-refractivity contribution is -0.143. The molecule has 1 saturated heterocycles. The maximum Gasteiger partial charge on any atom is 0.326 e. The number of carbonyl (C=O) groups is 3. The summed E-state index contributed by atoms with van der Waals surface area (Å²) in [4.78, 5) is 33.7. The fourth-order valence-corrected chi connectivity index (χ4v) is 1.75. The lowest BCUT2D eigenvalue weighted by Crippen LogP contribution is -2.51. The first kappa shape index (κ1) is 13.5. The second kappa shape index (κ2) is 5.65. The molecule has 1 fully saturated rings. The van der Waals surface area contributed by atoms with Crippen molar-refractivity contribution in [2.24, 2.45) is 5.92 Å². The van der Waals surface area contributed by atoms with E-state index in [0.29, 0.717) is 19.3 Å². The molecule has 3 N–H and O–H groups in total. The first-order valence-electron chi connectivity index (χ1n) is 5.78. The van der Waals surface area contributed by atoms with Crippen molar-refractivity contribution in [3.05, 3.63) is 0 Å². The van der Waals surface area contributed by atoms with Crippen molar-refractivity contribution in [3.63, 3.8) is 0 Å². The summed E-state index contributed by atoms with van der Waals surface area (Å²) in [5.41, 5.74) is 0. The Morgan fingerprint density at radius 3 is 2.65 bits per heavy atom. The van der Waals surface area contributed by atoms with Gasteiger partial charge < -0.3 is 15.7 Å². The van der Waals surface area contributed by atoms with Gasteiger partial charge >= 0.3 is 5.97 Å². The molecule has 96 valence electrons. The summed E-state index contributed by atoms with van der Waals surface area (Å²) < 4.78 is 0. The van der Waals surface area contributed by atoms with Gasteiger partial charge in [0.05, 0.1) is 0 Å². The van der Waals surface area contributed by atoms with Crippen LogP contribution < -0.4 is 10.6 Å². The third kappa shape index (κ3) is 3.44. The lowest BCUT2D eigenvalue weighted by atomic mass is 9.99. The van der Waals surface area contributed by atoms with Crippen molar-refractivity contribution in [2.75, 3.05) is 0 Å². The molecule has 0 spiro atoms. The molecule has 0 unspecified atom stereocenters. The molecule has 0 bridgehead atoms. The Balaban J connectivity index is 2.58. The van der Waals surface area contributed by atoms with E-state index in [-0.39, 0.29) is 11.8 Å². The second-order valence-corrected chi connectivity index (χ2v) is 4.37. The largest absolute Gasteiger partial charge is 0.480 e. The van der Waals surface area contributed by atoms with Crippen LogP contribution in [0.4, 0.5) is 0 Å². The van der Waals surface area contributed by atoms with Crippen LogP contribution >= 0.6 is 0 Å². The van der Waals surface area contributed by atoms with Gasteiger partial charge in [-0.15, -0.1) is 0 Å². The Hall–Kier alpha value is -1.59. The maximum atomic E-state index is 11.7. The van der Waals surface area contributed by atoms with Crippen molar-refractivity contribution in [3.8, 4) is 0 Å². The van der Waals surface area contributed by atoms with E-state index in [4.69, 9.17) is 5.11 Å². The number of carbonyl (C=O) groups excluding carboxylic acids is 2. The summed E-state index contributed by atoms with van der Waals surface area (Å²) in [6.07, 6.45) is 1.41. The van der Waals surface area contributed by atoms with E-state index in [1.807, 2.05) is 6.92 Å². The lowest BCUT2D eigenvalue weighted by Gasteiger charge is -2.21. The summed E-state index contributed by atoms with van der Waals surface area (Å²) in [5.74, 6) is -1.77. The molecule has 0 aromatic heterocycles. The Morgan fingerprint density at radius 2 is 2.24 bits per heavy atom. The zero-order chi connectivity index (χ0) is 13.0. The minimum atomic E-state index is -1.04. The predicted octanol–water partition coefficient (Wildman–Crippen LogP) is -0.119. The Kier molecular flexibility index (Phi) is 4.48. The summed E-state index contributed by atoms with van der Waals surface area (Å²) in [7, 11) is 0. The van der Waals surface area contributed by atoms with Gasteiger partial charge in [-0.25, -0.2) is 4.79 Å². The van der Waals surface area contributed by atoms with Gasteiger partial charge in [0, 0.05) is 6.42 Å². The van der Waals surface area contributed by atoms with E-state index in [1.54, 1.807) is 6.92 Å². The van der Waals surface area contributed by atoms with Crippen molar-refractivity contribution in [1.29, 1.82) is 0 Å². The highest BCUT2D eigenvalue weighted by molar-refractivity contribution is 5.92. The molecule has 6 nitrogen and oxygen atoms in total. The van der Waals surface area contributed by atoms with E-state index in [9.17, 15) is 14.4 Å². The van der Waals surface area contributed by atoms with Crippen molar-refractivity contribution >= 4 is 17.8 Å². The van der Waals surface area contributed by atoms with E-state index >= 15 is 0 Å². The van der Waals surface area contributed by atoms with E-state index in [0.717, 1.165) is 0 Å². The molecule has 0 aliphatic carbocycles. The van der Waals surface area contributed by atoms with Crippen molar-refractivity contribution in [1.82, 2.24) is 10.6 Å². The summed E-state index contributed by atoms with van der Waals surface area (Å²) in [5, 5.41) is 14.0. The molecule has 0 radical (unpaired) electrons. The predicted molar refractivity (Wildman–Crippen MR) is 60.2 cm³/mol. The first-order chi connectivity index (χ1) is 7.95. The maximum absolute atomic E-state index is 11.7. The molecule has 0 saturated carbocycles. The average Bonchev–Trinajstić information content (AvgIpc) is 2.71. The van der Waals surface area contributed by atoms with Crippen LogP contribution in [0.25, 0.3) is 0 Å². The molecule has 0 aromatic rings. The van der Waals surface area contributed by atoms with Gasteiger partial charge in [0.25, 0.3) is 0 Å². The van der Waals surface area contributed by atoms with E-state index < -0.39 is 24.0 Å². The molecular formula is C11H18N2O4. The van der Waals surface area contributed by atoms with Gasteiger partial charge in [-0.3, -0.25) is 9.59 Å². The van der Waals surface area contributed by atoms with Crippen LogP contribution in [-0.4, -0.2) is 35.0 Å². The number of hydrogen-bond donors (Lipinski definition) is 3. The van der Waals surface area contributed by atoms with Gasteiger partial charge in [-0.1, -0.05) is 20.3 Å². The highest BCUT2D eigenvalue weighted by atomic mass is 16.4. The van der Waals surface area contributed by atoms with E-state index in [1.165, 1.54) is 0 Å². The zero-order valence-electron chi connectivity index (χ0n) is 10.0. The fraction of sp³-hybridized carbons (Fsp3) is 0.727. The number of rotatable bonds is 5. The SMILES string of the molecule is CC[C@H](C)[C@@H](NC(=O)[C@@H]1CCC(=O)N1)C(=O)O. The molecule has 17 heavy (non-hydrogen) atoms. The Labute approximate surface area is 99.8 Å². The quantitative estimate of drug-likeness (QED) is 0.626. The summed E-state index contributed by atoms with van der Waals surface area (Å²) in [6.45, 7) is 3.64. The third-order valence-electron chi connectivity index (χ3n) is 3.09. The van der Waals surface area contributed by atoms with Gasteiger partial charge in [0.1, 0.15) is 12.1 Å². The Morgan fingerprint density at radius 1 is 1.59 bits per heavy atom. The zero-order valence-corrected chi connectivity index (χ0v) is 10.0. The van der Waals surface area contributed by atoms with Crippen LogP contribution in [0.5, 0.6) is 0 Å². The van der Waals surface area contributed by atoms with Gasteiger partial charge in [0.15, 0.2) is 0 Å². The molecule has 6 heteroatoms. The van der Waals surface area contributed by atoms with Gasteiger partial charge in [0.2, 0.25) is 11.8 Å². The van der Waals surface area contributed by atoms with Crippen molar-refractivity contribution in [2.45, 2.75) is 45.2 Å². The van der Waals surface area contributed by atoms with Crippen LogP contribution in [0.2, 0.25) is 0 Å². The first-order valence-corrected chi connectivity index (χ1v) is 5.78. The molecule has 1 heterocycles. The summed E-state index contributed by atoms with van der Waals surface area (Å²) in [6, 6.07) is -1.49. The second-order valence-electron chi connectivity index (χ2n) is 4.37. The summed E-state index contributed by atoms with van der Waals surface area (Å²) >= 11 is 0. The van der Waals surface area contributed by atoms with Crippen LogP contribution in [0.15, 0.2) is 0 Å². The normalized spacial score (nSPS) is 22.7. The fourth-order valence-electron chi connectivity index (χ4n) is 1.75. The van der Waals surface area contributed by atoms with Crippen LogP contribution in [-0.2, 0) is 14.4 Å². The average molecular weight is 242 g/mol. The number of carboxylic acids is 1. The molecule has 3 atom stereocenters. The minimum Gasteiger partial charge on any atom is -0.480 e. The van der Waals surface area contributed by atoms with Crippen LogP contribution in [0.1, 0.15) is 33.1 Å². The van der Waals surface area contributed by atoms with E-state index in [2.05, 4.69) is 10.6 Å². The molecular weight excluding hydrogens is 224 g/mol. The van der Waals surface area contributed by atoms with Crippen LogP contribution in [0.3, 0.4) is 0 Å². The number of carboxylic acid groups (broad SMARTS) is 1. The number of aliphatic carboxylic acids is 1.